The number of hydrogen-bond donors (Lipinski definition) is 1. The minimum Gasteiger partial charge on any atom is -0.481 e. The Balaban J connectivity index is 2.74. The number of aryl methyl sites for hydroxylation is 1. The van der Waals surface area contributed by atoms with Crippen LogP contribution in [-0.4, -0.2) is 20.6 Å². The first kappa shape index (κ1) is 15.7. The van der Waals surface area contributed by atoms with Crippen molar-refractivity contribution in [2.45, 2.75) is 20.3 Å². The fourth-order valence-corrected chi connectivity index (χ4v) is 3.01. The second kappa shape index (κ2) is 5.99. The van der Waals surface area contributed by atoms with E-state index in [1.165, 1.54) is 4.57 Å². The zero-order chi connectivity index (χ0) is 15.7. The Morgan fingerprint density at radius 2 is 2.10 bits per heavy atom. The van der Waals surface area contributed by atoms with E-state index in [9.17, 15) is 9.59 Å². The SMILES string of the molecule is Cc1nc(=O)n(-c2ccc(Cl)cc2Br)c(C)c1CC(=O)O. The van der Waals surface area contributed by atoms with E-state index in [1.807, 2.05) is 0 Å². The highest BCUT2D eigenvalue weighted by atomic mass is 79.9. The molecule has 0 unspecified atom stereocenters. The Hall–Kier alpha value is -1.66. The molecule has 21 heavy (non-hydrogen) atoms. The Labute approximate surface area is 134 Å². The molecule has 0 fully saturated rings. The van der Waals surface area contributed by atoms with Crippen molar-refractivity contribution in [3.63, 3.8) is 0 Å². The fourth-order valence-electron chi connectivity index (χ4n) is 2.15. The van der Waals surface area contributed by atoms with Crippen LogP contribution in [0.15, 0.2) is 27.5 Å². The molecule has 1 heterocycles. The summed E-state index contributed by atoms with van der Waals surface area (Å²) in [6.45, 7) is 3.34. The van der Waals surface area contributed by atoms with E-state index in [0.717, 1.165) is 0 Å². The van der Waals surface area contributed by atoms with Crippen molar-refractivity contribution in [2.24, 2.45) is 0 Å². The predicted molar refractivity (Wildman–Crippen MR) is 83.4 cm³/mol. The first-order valence-corrected chi connectivity index (χ1v) is 7.24. The number of halogens is 2. The van der Waals surface area contributed by atoms with Gasteiger partial charge < -0.3 is 5.11 Å². The van der Waals surface area contributed by atoms with Crippen LogP contribution in [0.25, 0.3) is 5.69 Å². The molecule has 0 radical (unpaired) electrons. The van der Waals surface area contributed by atoms with Crippen molar-refractivity contribution >= 4 is 33.5 Å². The summed E-state index contributed by atoms with van der Waals surface area (Å²) in [5.74, 6) is -0.969. The average molecular weight is 372 g/mol. The molecule has 2 rings (SSSR count). The molecule has 0 saturated heterocycles. The molecule has 1 N–H and O–H groups in total. The van der Waals surface area contributed by atoms with Gasteiger partial charge in [-0.1, -0.05) is 11.6 Å². The van der Waals surface area contributed by atoms with Crippen LogP contribution in [0.3, 0.4) is 0 Å². The second-order valence-corrected chi connectivity index (χ2v) is 5.84. The summed E-state index contributed by atoms with van der Waals surface area (Å²) >= 11 is 9.26. The van der Waals surface area contributed by atoms with Crippen molar-refractivity contribution in [3.8, 4) is 5.69 Å². The van der Waals surface area contributed by atoms with Crippen LogP contribution in [0.1, 0.15) is 17.0 Å². The maximum absolute atomic E-state index is 12.2. The molecule has 0 spiro atoms. The topological polar surface area (TPSA) is 72.2 Å². The third kappa shape index (κ3) is 3.16. The molecule has 0 atom stereocenters. The zero-order valence-electron chi connectivity index (χ0n) is 11.4. The normalized spacial score (nSPS) is 10.7. The minimum absolute atomic E-state index is 0.184. The van der Waals surface area contributed by atoms with Gasteiger partial charge in [0.2, 0.25) is 0 Å². The number of benzene rings is 1. The zero-order valence-corrected chi connectivity index (χ0v) is 13.7. The number of aromatic nitrogens is 2. The summed E-state index contributed by atoms with van der Waals surface area (Å²) in [7, 11) is 0. The quantitative estimate of drug-likeness (QED) is 0.900. The number of carboxylic acids is 1. The third-order valence-corrected chi connectivity index (χ3v) is 4.01. The molecule has 0 aliphatic rings. The van der Waals surface area contributed by atoms with Crippen LogP contribution in [0.2, 0.25) is 5.02 Å². The molecule has 0 aliphatic carbocycles. The largest absolute Gasteiger partial charge is 0.481 e. The molecule has 0 aliphatic heterocycles. The molecule has 110 valence electrons. The predicted octanol–water partition coefficient (Wildman–Crippen LogP) is 2.89. The number of carbonyl (C=O) groups is 1. The molecule has 5 nitrogen and oxygen atoms in total. The van der Waals surface area contributed by atoms with E-state index >= 15 is 0 Å². The van der Waals surface area contributed by atoms with E-state index in [4.69, 9.17) is 16.7 Å². The van der Waals surface area contributed by atoms with Crippen molar-refractivity contribution in [3.05, 3.63) is 55.1 Å². The number of carboxylic acid groups (broad SMARTS) is 1. The van der Waals surface area contributed by atoms with Gasteiger partial charge in [-0.15, -0.1) is 0 Å². The van der Waals surface area contributed by atoms with E-state index in [1.54, 1.807) is 32.0 Å². The van der Waals surface area contributed by atoms with E-state index < -0.39 is 11.7 Å². The Morgan fingerprint density at radius 1 is 1.43 bits per heavy atom. The summed E-state index contributed by atoms with van der Waals surface area (Å²) in [6.07, 6.45) is -0.184. The maximum Gasteiger partial charge on any atom is 0.352 e. The molecule has 1 aromatic carbocycles. The van der Waals surface area contributed by atoms with Crippen LogP contribution in [0.5, 0.6) is 0 Å². The second-order valence-electron chi connectivity index (χ2n) is 4.55. The van der Waals surface area contributed by atoms with E-state index in [0.29, 0.717) is 32.1 Å². The summed E-state index contributed by atoms with van der Waals surface area (Å²) in [5.41, 5.74) is 1.63. The van der Waals surface area contributed by atoms with E-state index in [-0.39, 0.29) is 6.42 Å². The number of hydrogen-bond acceptors (Lipinski definition) is 3. The van der Waals surface area contributed by atoms with Crippen molar-refractivity contribution in [2.75, 3.05) is 0 Å². The van der Waals surface area contributed by atoms with Gasteiger partial charge in [0.15, 0.2) is 0 Å². The van der Waals surface area contributed by atoms with Gasteiger partial charge in [0.05, 0.1) is 12.1 Å². The van der Waals surface area contributed by atoms with Crippen molar-refractivity contribution in [1.29, 1.82) is 0 Å². The van der Waals surface area contributed by atoms with Gasteiger partial charge in [-0.25, -0.2) is 4.79 Å². The first-order chi connectivity index (χ1) is 9.81. The molecule has 0 saturated carbocycles. The van der Waals surface area contributed by atoms with E-state index in [2.05, 4.69) is 20.9 Å². The molecule has 2 aromatic rings. The van der Waals surface area contributed by atoms with Gasteiger partial charge >= 0.3 is 11.7 Å². The Kier molecular flexibility index (Phi) is 4.49. The maximum atomic E-state index is 12.2. The lowest BCUT2D eigenvalue weighted by atomic mass is 10.1. The fraction of sp³-hybridized carbons (Fsp3) is 0.214. The lowest BCUT2D eigenvalue weighted by Crippen LogP contribution is -2.27. The molecule has 7 heteroatoms. The summed E-state index contributed by atoms with van der Waals surface area (Å²) in [4.78, 5) is 27.1. The van der Waals surface area contributed by atoms with Gasteiger partial charge in [-0.05, 0) is 48.0 Å². The Bertz CT molecular complexity index is 787. The lowest BCUT2D eigenvalue weighted by molar-refractivity contribution is -0.136. The van der Waals surface area contributed by atoms with Crippen molar-refractivity contribution in [1.82, 2.24) is 9.55 Å². The molecular weight excluding hydrogens is 360 g/mol. The summed E-state index contributed by atoms with van der Waals surface area (Å²) in [6, 6.07) is 5.01. The summed E-state index contributed by atoms with van der Waals surface area (Å²) in [5, 5.41) is 9.53. The monoisotopic (exact) mass is 370 g/mol. The minimum atomic E-state index is -0.969. The van der Waals surface area contributed by atoms with Crippen LogP contribution >= 0.6 is 27.5 Å². The highest BCUT2D eigenvalue weighted by Crippen LogP contribution is 2.25. The van der Waals surface area contributed by atoms with Gasteiger partial charge in [0, 0.05) is 26.4 Å². The van der Waals surface area contributed by atoms with Gasteiger partial charge in [-0.2, -0.15) is 4.98 Å². The summed E-state index contributed by atoms with van der Waals surface area (Å²) < 4.78 is 2.01. The number of rotatable bonds is 3. The Morgan fingerprint density at radius 3 is 2.67 bits per heavy atom. The standard InChI is InChI=1S/C14H12BrClN2O3/c1-7-10(6-13(19)20)8(2)18(14(21)17-7)12-4-3-9(16)5-11(12)15/h3-5H,6H2,1-2H3,(H,19,20). The molecular formula is C14H12BrClN2O3. The highest BCUT2D eigenvalue weighted by molar-refractivity contribution is 9.10. The molecule has 1 aromatic heterocycles. The third-order valence-electron chi connectivity index (χ3n) is 3.14. The first-order valence-electron chi connectivity index (χ1n) is 6.07. The number of nitrogens with zero attached hydrogens (tertiary/aromatic N) is 2. The lowest BCUT2D eigenvalue weighted by Gasteiger charge is -2.15. The number of aliphatic carboxylic acids is 1. The van der Waals surface area contributed by atoms with Gasteiger partial charge in [-0.3, -0.25) is 9.36 Å². The smallest absolute Gasteiger partial charge is 0.352 e. The average Bonchev–Trinajstić information content (AvgIpc) is 2.36. The van der Waals surface area contributed by atoms with Crippen LogP contribution < -0.4 is 5.69 Å². The van der Waals surface area contributed by atoms with Gasteiger partial charge in [0.1, 0.15) is 0 Å². The van der Waals surface area contributed by atoms with Crippen LogP contribution in [0.4, 0.5) is 0 Å². The molecule has 0 bridgehead atoms. The van der Waals surface area contributed by atoms with Crippen LogP contribution in [-0.2, 0) is 11.2 Å². The highest BCUT2D eigenvalue weighted by Gasteiger charge is 2.16. The molecule has 0 amide bonds. The van der Waals surface area contributed by atoms with Crippen molar-refractivity contribution < 1.29 is 9.90 Å². The van der Waals surface area contributed by atoms with Gasteiger partial charge in [0.25, 0.3) is 0 Å². The van der Waals surface area contributed by atoms with Crippen LogP contribution in [0, 0.1) is 13.8 Å².